The van der Waals surface area contributed by atoms with Crippen LogP contribution in [-0.4, -0.2) is 37.0 Å². The number of benzene rings is 1. The van der Waals surface area contributed by atoms with Gasteiger partial charge in [0.1, 0.15) is 0 Å². The van der Waals surface area contributed by atoms with Crippen molar-refractivity contribution in [3.63, 3.8) is 0 Å². The summed E-state index contributed by atoms with van der Waals surface area (Å²) in [5.41, 5.74) is 2.49. The van der Waals surface area contributed by atoms with Crippen LogP contribution < -0.4 is 0 Å². The molecule has 0 fully saturated rings. The molecule has 146 valence electrons. The third-order valence-corrected chi connectivity index (χ3v) is 5.45. The normalized spacial score (nSPS) is 16.9. The number of nitrogens with zero attached hydrogens (tertiary/aromatic N) is 2. The molecule has 1 atom stereocenters. The lowest BCUT2D eigenvalue weighted by molar-refractivity contribution is -0.137. The molecule has 0 saturated heterocycles. The highest BCUT2D eigenvalue weighted by Crippen LogP contribution is 2.30. The Morgan fingerprint density at radius 3 is 2.68 bits per heavy atom. The van der Waals surface area contributed by atoms with E-state index in [1.165, 1.54) is 12.3 Å². The second-order valence-corrected chi connectivity index (χ2v) is 8.41. The lowest BCUT2D eigenvalue weighted by Crippen LogP contribution is -2.13. The Labute approximate surface area is 164 Å². The number of hydrogen-bond acceptors (Lipinski definition) is 5. The maximum absolute atomic E-state index is 11.7. The smallest absolute Gasteiger partial charge is 0.330 e. The first-order valence-electron chi connectivity index (χ1n) is 8.96. The molecule has 1 unspecified atom stereocenters. The topological polar surface area (TPSA) is 78.3 Å². The van der Waals surface area contributed by atoms with E-state index in [4.69, 9.17) is 4.74 Å². The zero-order valence-corrected chi connectivity index (χ0v) is 16.6. The minimum Gasteiger partial charge on any atom is -0.463 e. The molecule has 0 amide bonds. The first-order chi connectivity index (χ1) is 13.4. The first kappa shape index (κ1) is 19.8. The summed E-state index contributed by atoms with van der Waals surface area (Å²) in [7, 11) is -3.23. The van der Waals surface area contributed by atoms with Crippen molar-refractivity contribution in [2.75, 3.05) is 12.9 Å². The SMILES string of the molecule is CCOC(=O)/C=C/c1cc(-c2ccccc2)n(C2C=CC(S(C)(=O)=O)=CC2)n1. The highest BCUT2D eigenvalue weighted by atomic mass is 32.2. The lowest BCUT2D eigenvalue weighted by atomic mass is 10.1. The van der Waals surface area contributed by atoms with Crippen LogP contribution in [0, 0.1) is 0 Å². The Kier molecular flexibility index (Phi) is 5.94. The number of ether oxygens (including phenoxy) is 1. The lowest BCUT2D eigenvalue weighted by Gasteiger charge is -2.19. The maximum Gasteiger partial charge on any atom is 0.330 e. The molecular weight excluding hydrogens is 376 g/mol. The van der Waals surface area contributed by atoms with Gasteiger partial charge < -0.3 is 4.74 Å². The van der Waals surface area contributed by atoms with Crippen molar-refractivity contribution in [2.24, 2.45) is 0 Å². The molecule has 2 aromatic rings. The van der Waals surface area contributed by atoms with E-state index in [2.05, 4.69) is 5.10 Å². The molecule has 1 aliphatic rings. The van der Waals surface area contributed by atoms with Crippen LogP contribution in [0.4, 0.5) is 0 Å². The van der Waals surface area contributed by atoms with Crippen LogP contribution in [0.25, 0.3) is 17.3 Å². The molecule has 3 rings (SSSR count). The second kappa shape index (κ2) is 8.39. The fraction of sp³-hybridized carbons (Fsp3) is 0.238. The van der Waals surface area contributed by atoms with Gasteiger partial charge in [-0.25, -0.2) is 13.2 Å². The van der Waals surface area contributed by atoms with Gasteiger partial charge in [0, 0.05) is 12.3 Å². The van der Waals surface area contributed by atoms with Gasteiger partial charge >= 0.3 is 5.97 Å². The summed E-state index contributed by atoms with van der Waals surface area (Å²) in [6.45, 7) is 2.07. The van der Waals surface area contributed by atoms with Gasteiger partial charge in [0.25, 0.3) is 0 Å². The van der Waals surface area contributed by atoms with Crippen molar-refractivity contribution < 1.29 is 17.9 Å². The van der Waals surface area contributed by atoms with Gasteiger partial charge in [-0.3, -0.25) is 4.68 Å². The molecule has 1 aromatic carbocycles. The van der Waals surface area contributed by atoms with Crippen LogP contribution in [0.1, 0.15) is 25.1 Å². The standard InChI is InChI=1S/C21H22N2O4S/c1-3-27-21(24)14-9-17-15-20(16-7-5-4-6-8-16)23(22-17)18-10-12-19(13-11-18)28(2,25)26/h4-10,12-15,18H,3,11H2,1-2H3/b14-9+. The van der Waals surface area contributed by atoms with Crippen LogP contribution in [0.3, 0.4) is 0 Å². The summed E-state index contributed by atoms with van der Waals surface area (Å²) in [6.07, 6.45) is 9.86. The third kappa shape index (κ3) is 4.67. The summed E-state index contributed by atoms with van der Waals surface area (Å²) in [5.74, 6) is -0.420. The molecule has 1 heterocycles. The number of rotatable bonds is 6. The minimum atomic E-state index is -3.23. The van der Waals surface area contributed by atoms with E-state index < -0.39 is 15.8 Å². The van der Waals surface area contributed by atoms with Crippen LogP contribution in [-0.2, 0) is 19.4 Å². The van der Waals surface area contributed by atoms with Crippen LogP contribution >= 0.6 is 0 Å². The second-order valence-electron chi connectivity index (χ2n) is 6.39. The van der Waals surface area contributed by atoms with E-state index in [0.29, 0.717) is 23.6 Å². The Bertz CT molecular complexity index is 1050. The van der Waals surface area contributed by atoms with Gasteiger partial charge in [0.2, 0.25) is 0 Å². The molecule has 6 nitrogen and oxygen atoms in total. The van der Waals surface area contributed by atoms with Gasteiger partial charge in [0.15, 0.2) is 9.84 Å². The zero-order chi connectivity index (χ0) is 20.1. The maximum atomic E-state index is 11.7. The predicted octanol–water partition coefficient (Wildman–Crippen LogP) is 3.56. The summed E-state index contributed by atoms with van der Waals surface area (Å²) >= 11 is 0. The average molecular weight is 398 g/mol. The summed E-state index contributed by atoms with van der Waals surface area (Å²) in [4.78, 5) is 11.9. The highest BCUT2D eigenvalue weighted by Gasteiger charge is 2.20. The summed E-state index contributed by atoms with van der Waals surface area (Å²) in [5, 5.41) is 4.62. The van der Waals surface area contributed by atoms with Crippen molar-refractivity contribution in [1.29, 1.82) is 0 Å². The van der Waals surface area contributed by atoms with Crippen LogP contribution in [0.15, 0.2) is 65.6 Å². The Balaban J connectivity index is 1.95. The van der Waals surface area contributed by atoms with Crippen molar-refractivity contribution in [2.45, 2.75) is 19.4 Å². The van der Waals surface area contributed by atoms with E-state index in [-0.39, 0.29) is 6.04 Å². The number of carbonyl (C=O) groups is 1. The molecule has 28 heavy (non-hydrogen) atoms. The zero-order valence-electron chi connectivity index (χ0n) is 15.8. The van der Waals surface area contributed by atoms with E-state index in [1.807, 2.05) is 47.2 Å². The molecule has 0 aliphatic heterocycles. The number of carbonyl (C=O) groups excluding carboxylic acids is 1. The van der Waals surface area contributed by atoms with Gasteiger partial charge in [-0.2, -0.15) is 5.10 Å². The molecule has 0 N–H and O–H groups in total. The van der Waals surface area contributed by atoms with Crippen molar-refractivity contribution in [1.82, 2.24) is 9.78 Å². The number of esters is 1. The molecule has 1 aromatic heterocycles. The third-order valence-electron chi connectivity index (χ3n) is 4.29. The van der Waals surface area contributed by atoms with E-state index >= 15 is 0 Å². The van der Waals surface area contributed by atoms with E-state index in [9.17, 15) is 13.2 Å². The molecule has 0 saturated carbocycles. The van der Waals surface area contributed by atoms with Crippen molar-refractivity contribution in [3.05, 3.63) is 71.3 Å². The monoisotopic (exact) mass is 398 g/mol. The van der Waals surface area contributed by atoms with E-state index in [0.717, 1.165) is 11.3 Å². The Morgan fingerprint density at radius 2 is 2.07 bits per heavy atom. The van der Waals surface area contributed by atoms with Crippen LogP contribution in [0.2, 0.25) is 0 Å². The van der Waals surface area contributed by atoms with Gasteiger partial charge in [-0.05, 0) is 37.1 Å². The molecule has 0 bridgehead atoms. The quantitative estimate of drug-likeness (QED) is 0.549. The van der Waals surface area contributed by atoms with Crippen molar-refractivity contribution >= 4 is 21.9 Å². The van der Waals surface area contributed by atoms with Gasteiger partial charge in [0.05, 0.1) is 28.9 Å². The highest BCUT2D eigenvalue weighted by molar-refractivity contribution is 7.94. The van der Waals surface area contributed by atoms with Crippen LogP contribution in [0.5, 0.6) is 0 Å². The first-order valence-corrected chi connectivity index (χ1v) is 10.9. The summed E-state index contributed by atoms with van der Waals surface area (Å²) < 4.78 is 30.2. The number of allylic oxidation sites excluding steroid dienone is 3. The van der Waals surface area contributed by atoms with Gasteiger partial charge in [-0.1, -0.05) is 42.5 Å². The summed E-state index contributed by atoms with van der Waals surface area (Å²) in [6, 6.07) is 11.6. The van der Waals surface area contributed by atoms with E-state index in [1.54, 1.807) is 25.2 Å². The molecule has 0 radical (unpaired) electrons. The number of hydrogen-bond donors (Lipinski definition) is 0. The Hall–Kier alpha value is -2.93. The molecule has 7 heteroatoms. The minimum absolute atomic E-state index is 0.120. The van der Waals surface area contributed by atoms with Crippen molar-refractivity contribution in [3.8, 4) is 11.3 Å². The number of sulfone groups is 1. The average Bonchev–Trinajstić information content (AvgIpc) is 3.11. The molecule has 0 spiro atoms. The van der Waals surface area contributed by atoms with Gasteiger partial charge in [-0.15, -0.1) is 0 Å². The molecular formula is C21H22N2O4S. The predicted molar refractivity (Wildman–Crippen MR) is 109 cm³/mol. The number of aromatic nitrogens is 2. The largest absolute Gasteiger partial charge is 0.463 e. The fourth-order valence-electron chi connectivity index (χ4n) is 2.96. The fourth-order valence-corrected chi connectivity index (χ4v) is 3.69. The molecule has 1 aliphatic carbocycles. The Morgan fingerprint density at radius 1 is 1.32 bits per heavy atom.